The van der Waals surface area contributed by atoms with E-state index < -0.39 is 0 Å². The number of amides is 1. The molecule has 0 aromatic heterocycles. The topological polar surface area (TPSA) is 68.2 Å². The molecular weight excluding hydrogens is 216 g/mol. The average molecular weight is 238 g/mol. The maximum absolute atomic E-state index is 11.3. The number of nitriles is 1. The summed E-state index contributed by atoms with van der Waals surface area (Å²) in [5, 5.41) is 14.1. The molecule has 0 aromatic carbocycles. The summed E-state index contributed by atoms with van der Waals surface area (Å²) in [5.41, 5.74) is 0. The zero-order valence-electron chi connectivity index (χ0n) is 10.7. The number of carbonyl (C=O) groups is 1. The molecule has 0 radical (unpaired) electrons. The van der Waals surface area contributed by atoms with E-state index in [1.807, 2.05) is 6.07 Å². The van der Waals surface area contributed by atoms with Gasteiger partial charge < -0.3 is 10.6 Å². The van der Waals surface area contributed by atoms with Gasteiger partial charge in [-0.3, -0.25) is 9.69 Å². The van der Waals surface area contributed by atoms with Crippen LogP contribution in [0.1, 0.15) is 26.2 Å². The summed E-state index contributed by atoms with van der Waals surface area (Å²) in [6.45, 7) is 3.75. The van der Waals surface area contributed by atoms with Crippen molar-refractivity contribution in [1.29, 1.82) is 5.26 Å². The lowest BCUT2D eigenvalue weighted by Crippen LogP contribution is -2.42. The normalized spacial score (nSPS) is 16.6. The number of rotatable bonds is 8. The van der Waals surface area contributed by atoms with Crippen molar-refractivity contribution >= 4 is 5.91 Å². The van der Waals surface area contributed by atoms with Crippen molar-refractivity contribution in [2.24, 2.45) is 0 Å². The molecule has 1 fully saturated rings. The van der Waals surface area contributed by atoms with Gasteiger partial charge in [-0.05, 0) is 26.8 Å². The lowest BCUT2D eigenvalue weighted by Gasteiger charge is -2.24. The van der Waals surface area contributed by atoms with E-state index in [-0.39, 0.29) is 5.91 Å². The first-order chi connectivity index (χ1) is 8.15. The first-order valence-electron chi connectivity index (χ1n) is 6.21. The standard InChI is InChI=1S/C12H22N4O/c1-10(16(2)11-4-5-11)8-14-9-12(17)15-7-3-6-13/h10-11,14H,3-5,7-9H2,1-2H3,(H,15,17). The van der Waals surface area contributed by atoms with Crippen molar-refractivity contribution in [1.82, 2.24) is 15.5 Å². The van der Waals surface area contributed by atoms with Crippen LogP contribution < -0.4 is 10.6 Å². The van der Waals surface area contributed by atoms with Crippen molar-refractivity contribution in [3.05, 3.63) is 0 Å². The Morgan fingerprint density at radius 2 is 2.29 bits per heavy atom. The Balaban J connectivity index is 2.02. The lowest BCUT2D eigenvalue weighted by atomic mass is 10.3. The minimum absolute atomic E-state index is 0.0403. The molecule has 1 rings (SSSR count). The predicted molar refractivity (Wildman–Crippen MR) is 66.4 cm³/mol. The van der Waals surface area contributed by atoms with Gasteiger partial charge in [-0.15, -0.1) is 0 Å². The molecule has 2 N–H and O–H groups in total. The fraction of sp³-hybridized carbons (Fsp3) is 0.833. The van der Waals surface area contributed by atoms with Gasteiger partial charge >= 0.3 is 0 Å². The third kappa shape index (κ3) is 5.66. The van der Waals surface area contributed by atoms with Crippen LogP contribution in [0.2, 0.25) is 0 Å². The van der Waals surface area contributed by atoms with Gasteiger partial charge in [0.1, 0.15) is 0 Å². The van der Waals surface area contributed by atoms with Crippen molar-refractivity contribution in [3.63, 3.8) is 0 Å². The SMILES string of the molecule is CC(CNCC(=O)NCCC#N)N(C)C1CC1. The number of carbonyl (C=O) groups excluding carboxylic acids is 1. The molecule has 0 bridgehead atoms. The van der Waals surface area contributed by atoms with Crippen molar-refractivity contribution < 1.29 is 4.79 Å². The van der Waals surface area contributed by atoms with Crippen LogP contribution in [0.25, 0.3) is 0 Å². The van der Waals surface area contributed by atoms with Gasteiger partial charge in [0.25, 0.3) is 0 Å². The number of hydrogen-bond acceptors (Lipinski definition) is 4. The Hall–Kier alpha value is -1.12. The molecule has 0 heterocycles. The second-order valence-electron chi connectivity index (χ2n) is 4.63. The molecule has 96 valence electrons. The smallest absolute Gasteiger partial charge is 0.233 e. The Morgan fingerprint density at radius 1 is 1.59 bits per heavy atom. The predicted octanol–water partition coefficient (Wildman–Crippen LogP) is 0.0886. The number of nitrogens with one attached hydrogen (secondary N) is 2. The second-order valence-corrected chi connectivity index (χ2v) is 4.63. The molecule has 1 amide bonds. The van der Waals surface area contributed by atoms with E-state index in [4.69, 9.17) is 5.26 Å². The lowest BCUT2D eigenvalue weighted by molar-refractivity contribution is -0.120. The number of hydrogen-bond donors (Lipinski definition) is 2. The molecule has 0 aromatic rings. The van der Waals surface area contributed by atoms with E-state index >= 15 is 0 Å². The molecule has 5 nitrogen and oxygen atoms in total. The van der Waals surface area contributed by atoms with E-state index in [1.54, 1.807) is 0 Å². The van der Waals surface area contributed by atoms with Gasteiger partial charge in [-0.1, -0.05) is 0 Å². The van der Waals surface area contributed by atoms with E-state index in [0.717, 1.165) is 12.6 Å². The highest BCUT2D eigenvalue weighted by atomic mass is 16.1. The van der Waals surface area contributed by atoms with E-state index in [9.17, 15) is 4.79 Å². The Bertz CT molecular complexity index is 283. The van der Waals surface area contributed by atoms with Crippen LogP contribution in [0.15, 0.2) is 0 Å². The van der Waals surface area contributed by atoms with Crippen LogP contribution in [0, 0.1) is 11.3 Å². The van der Waals surface area contributed by atoms with E-state index in [0.29, 0.717) is 25.6 Å². The van der Waals surface area contributed by atoms with E-state index in [2.05, 4.69) is 29.5 Å². The molecule has 1 unspecified atom stereocenters. The van der Waals surface area contributed by atoms with Crippen LogP contribution in [-0.2, 0) is 4.79 Å². The highest BCUT2D eigenvalue weighted by Gasteiger charge is 2.28. The van der Waals surface area contributed by atoms with Crippen molar-refractivity contribution in [2.45, 2.75) is 38.3 Å². The molecule has 1 aliphatic rings. The molecule has 17 heavy (non-hydrogen) atoms. The first-order valence-corrected chi connectivity index (χ1v) is 6.21. The Kier molecular flexibility index (Phi) is 5.95. The van der Waals surface area contributed by atoms with Crippen molar-refractivity contribution in [2.75, 3.05) is 26.7 Å². The van der Waals surface area contributed by atoms with Crippen LogP contribution in [0.3, 0.4) is 0 Å². The van der Waals surface area contributed by atoms with Crippen LogP contribution >= 0.6 is 0 Å². The highest BCUT2D eigenvalue weighted by Crippen LogP contribution is 2.26. The summed E-state index contributed by atoms with van der Waals surface area (Å²) in [6, 6.07) is 3.19. The molecule has 5 heteroatoms. The molecule has 0 spiro atoms. The monoisotopic (exact) mass is 238 g/mol. The van der Waals surface area contributed by atoms with Crippen LogP contribution in [-0.4, -0.2) is 49.6 Å². The summed E-state index contributed by atoms with van der Waals surface area (Å²) in [7, 11) is 2.14. The largest absolute Gasteiger partial charge is 0.354 e. The summed E-state index contributed by atoms with van der Waals surface area (Å²) in [5.74, 6) is -0.0403. The molecule has 1 aliphatic carbocycles. The minimum atomic E-state index is -0.0403. The minimum Gasteiger partial charge on any atom is -0.354 e. The van der Waals surface area contributed by atoms with Gasteiger partial charge in [0, 0.05) is 25.2 Å². The van der Waals surface area contributed by atoms with E-state index in [1.165, 1.54) is 12.8 Å². The third-order valence-electron chi connectivity index (χ3n) is 3.10. The maximum Gasteiger partial charge on any atom is 0.233 e. The van der Waals surface area contributed by atoms with Gasteiger partial charge in [0.2, 0.25) is 5.91 Å². The number of nitrogens with zero attached hydrogens (tertiary/aromatic N) is 2. The van der Waals surface area contributed by atoms with Crippen molar-refractivity contribution in [3.8, 4) is 6.07 Å². The maximum atomic E-state index is 11.3. The summed E-state index contributed by atoms with van der Waals surface area (Å²) < 4.78 is 0. The highest BCUT2D eigenvalue weighted by molar-refractivity contribution is 5.77. The van der Waals surface area contributed by atoms with Gasteiger partial charge in [-0.25, -0.2) is 0 Å². The third-order valence-corrected chi connectivity index (χ3v) is 3.10. The molecule has 0 saturated heterocycles. The Labute approximate surface area is 103 Å². The summed E-state index contributed by atoms with van der Waals surface area (Å²) in [6.07, 6.45) is 2.97. The molecule has 1 atom stereocenters. The molecular formula is C12H22N4O. The fourth-order valence-corrected chi connectivity index (χ4v) is 1.70. The summed E-state index contributed by atoms with van der Waals surface area (Å²) in [4.78, 5) is 13.7. The quantitative estimate of drug-likeness (QED) is 0.588. The van der Waals surface area contributed by atoms with Crippen LogP contribution in [0.4, 0.5) is 0 Å². The average Bonchev–Trinajstić information content (AvgIpc) is 3.12. The summed E-state index contributed by atoms with van der Waals surface area (Å²) >= 11 is 0. The first kappa shape index (κ1) is 13.9. The number of likely N-dealkylation sites (N-methyl/N-ethyl adjacent to an activating group) is 1. The molecule has 1 saturated carbocycles. The van der Waals surface area contributed by atoms with Gasteiger partial charge in [0.15, 0.2) is 0 Å². The second kappa shape index (κ2) is 7.25. The molecule has 0 aliphatic heterocycles. The fourth-order valence-electron chi connectivity index (χ4n) is 1.70. The Morgan fingerprint density at radius 3 is 2.88 bits per heavy atom. The zero-order chi connectivity index (χ0) is 12.7. The van der Waals surface area contributed by atoms with Gasteiger partial charge in [0.05, 0.1) is 19.0 Å². The van der Waals surface area contributed by atoms with Crippen LogP contribution in [0.5, 0.6) is 0 Å². The van der Waals surface area contributed by atoms with Gasteiger partial charge in [-0.2, -0.15) is 5.26 Å². The zero-order valence-corrected chi connectivity index (χ0v) is 10.7.